The Hall–Kier alpha value is -2.16. The van der Waals surface area contributed by atoms with Crippen molar-refractivity contribution < 1.29 is 58.4 Å². The summed E-state index contributed by atoms with van der Waals surface area (Å²) in [7, 11) is 0. The van der Waals surface area contributed by atoms with E-state index in [1.165, 1.54) is 12.1 Å². The number of aromatic carboxylic acids is 2. The molecule has 182 valence electrons. The van der Waals surface area contributed by atoms with Crippen LogP contribution in [0.2, 0.25) is 0 Å². The smallest absolute Gasteiger partial charge is 0.335 e. The van der Waals surface area contributed by atoms with Gasteiger partial charge in [0.05, 0.1) is 11.1 Å². The van der Waals surface area contributed by atoms with Crippen molar-refractivity contribution in [2.75, 3.05) is 54.0 Å². The standard InChI is InChI=1S/C20H30O12/c21-9-29-13-31-11-27-5-1-3-15-7-17(19(23)24)16(18(8-15)20(25)26)4-2-6-28-12-32-14-30-10-22/h7-8,21-22H,1-6,9-14H2,(H,23,24)(H,25,26). The van der Waals surface area contributed by atoms with Gasteiger partial charge in [-0.05, 0) is 48.9 Å². The van der Waals surface area contributed by atoms with Gasteiger partial charge in [-0.25, -0.2) is 9.59 Å². The zero-order valence-corrected chi connectivity index (χ0v) is 17.7. The fourth-order valence-corrected chi connectivity index (χ4v) is 2.75. The summed E-state index contributed by atoms with van der Waals surface area (Å²) < 4.78 is 29.4. The maximum absolute atomic E-state index is 11.7. The minimum Gasteiger partial charge on any atom is -0.478 e. The van der Waals surface area contributed by atoms with E-state index in [0.29, 0.717) is 31.4 Å². The van der Waals surface area contributed by atoms with Crippen molar-refractivity contribution in [3.63, 3.8) is 0 Å². The predicted molar refractivity (Wildman–Crippen MR) is 107 cm³/mol. The van der Waals surface area contributed by atoms with Gasteiger partial charge in [0.25, 0.3) is 0 Å². The summed E-state index contributed by atoms with van der Waals surface area (Å²) in [5.74, 6) is -2.41. The summed E-state index contributed by atoms with van der Waals surface area (Å²) in [6.07, 6.45) is 1.53. The normalized spacial score (nSPS) is 11.1. The maximum Gasteiger partial charge on any atom is 0.335 e. The van der Waals surface area contributed by atoms with Crippen molar-refractivity contribution in [2.45, 2.75) is 25.7 Å². The number of carbonyl (C=O) groups is 2. The summed E-state index contributed by atoms with van der Waals surface area (Å²) in [6, 6.07) is 2.96. The molecule has 0 radical (unpaired) electrons. The summed E-state index contributed by atoms with van der Waals surface area (Å²) in [6.45, 7) is -0.696. The molecule has 0 fully saturated rings. The zero-order chi connectivity index (χ0) is 23.6. The molecule has 0 aliphatic rings. The molecule has 0 saturated heterocycles. The van der Waals surface area contributed by atoms with Crippen LogP contribution in [0, 0.1) is 0 Å². The van der Waals surface area contributed by atoms with Crippen LogP contribution in [-0.4, -0.2) is 86.3 Å². The Bertz CT molecular complexity index is 644. The number of benzene rings is 1. The van der Waals surface area contributed by atoms with Gasteiger partial charge < -0.3 is 48.8 Å². The Kier molecular flexibility index (Phi) is 15.2. The second kappa shape index (κ2) is 17.4. The van der Waals surface area contributed by atoms with Crippen LogP contribution in [0.1, 0.15) is 44.7 Å². The highest BCUT2D eigenvalue weighted by Gasteiger charge is 2.20. The molecule has 0 aromatic heterocycles. The van der Waals surface area contributed by atoms with E-state index in [2.05, 4.69) is 9.47 Å². The number of aryl methyl sites for hydroxylation is 1. The predicted octanol–water partition coefficient (Wildman–Crippen LogP) is 0.777. The number of rotatable bonds is 20. The Labute approximate surface area is 185 Å². The van der Waals surface area contributed by atoms with Crippen LogP contribution in [-0.2, 0) is 41.3 Å². The monoisotopic (exact) mass is 462 g/mol. The van der Waals surface area contributed by atoms with Gasteiger partial charge in [0.15, 0.2) is 13.6 Å². The quantitative estimate of drug-likeness (QED) is 0.159. The van der Waals surface area contributed by atoms with E-state index in [0.717, 1.165) is 0 Å². The molecule has 0 atom stereocenters. The molecule has 4 N–H and O–H groups in total. The third-order valence-corrected chi connectivity index (χ3v) is 4.09. The van der Waals surface area contributed by atoms with Gasteiger partial charge >= 0.3 is 11.9 Å². The van der Waals surface area contributed by atoms with Crippen LogP contribution >= 0.6 is 0 Å². The topological polar surface area (TPSA) is 170 Å². The summed E-state index contributed by atoms with van der Waals surface area (Å²) in [5.41, 5.74) is 0.691. The van der Waals surface area contributed by atoms with E-state index in [4.69, 9.17) is 29.2 Å². The van der Waals surface area contributed by atoms with E-state index in [-0.39, 0.29) is 56.9 Å². The molecule has 0 saturated carbocycles. The van der Waals surface area contributed by atoms with E-state index in [9.17, 15) is 19.8 Å². The number of carboxylic acids is 2. The van der Waals surface area contributed by atoms with Gasteiger partial charge in [-0.3, -0.25) is 0 Å². The van der Waals surface area contributed by atoms with E-state index >= 15 is 0 Å². The van der Waals surface area contributed by atoms with Gasteiger partial charge in [-0.1, -0.05) is 0 Å². The van der Waals surface area contributed by atoms with Crippen molar-refractivity contribution in [1.29, 1.82) is 0 Å². The number of hydrogen-bond donors (Lipinski definition) is 4. The molecule has 1 aromatic carbocycles. The van der Waals surface area contributed by atoms with E-state index in [1.807, 2.05) is 0 Å². The second-order valence-corrected chi connectivity index (χ2v) is 6.35. The lowest BCUT2D eigenvalue weighted by molar-refractivity contribution is -0.158. The molecule has 0 bridgehead atoms. The molecular formula is C20H30O12. The van der Waals surface area contributed by atoms with Gasteiger partial charge in [0.2, 0.25) is 0 Å². The van der Waals surface area contributed by atoms with Crippen LogP contribution in [0.4, 0.5) is 0 Å². The number of aliphatic hydroxyl groups excluding tert-OH is 2. The zero-order valence-electron chi connectivity index (χ0n) is 17.7. The maximum atomic E-state index is 11.7. The fraction of sp³-hybridized carbons (Fsp3) is 0.600. The third kappa shape index (κ3) is 11.5. The highest BCUT2D eigenvalue weighted by Crippen LogP contribution is 2.21. The first-order valence-electron chi connectivity index (χ1n) is 9.81. The van der Waals surface area contributed by atoms with Crippen LogP contribution in [0.15, 0.2) is 12.1 Å². The average molecular weight is 462 g/mol. The van der Waals surface area contributed by atoms with Crippen molar-refractivity contribution in [1.82, 2.24) is 0 Å². The lowest BCUT2D eigenvalue weighted by Gasteiger charge is -2.13. The average Bonchev–Trinajstić information content (AvgIpc) is 2.77. The number of carboxylic acid groups (broad SMARTS) is 2. The molecule has 0 amide bonds. The van der Waals surface area contributed by atoms with Crippen molar-refractivity contribution in [2.24, 2.45) is 0 Å². The highest BCUT2D eigenvalue weighted by molar-refractivity contribution is 5.97. The van der Waals surface area contributed by atoms with Crippen LogP contribution in [0.3, 0.4) is 0 Å². The molecule has 0 aliphatic carbocycles. The minimum atomic E-state index is -1.21. The minimum absolute atomic E-state index is 0.0265. The molecule has 0 spiro atoms. The first-order chi connectivity index (χ1) is 15.5. The molecule has 0 unspecified atom stereocenters. The number of aliphatic hydroxyl groups is 2. The van der Waals surface area contributed by atoms with E-state index in [1.54, 1.807) is 0 Å². The van der Waals surface area contributed by atoms with Crippen molar-refractivity contribution in [3.8, 4) is 0 Å². The molecule has 0 heterocycles. The second-order valence-electron chi connectivity index (χ2n) is 6.35. The molecule has 12 heteroatoms. The van der Waals surface area contributed by atoms with Gasteiger partial charge in [0.1, 0.15) is 27.2 Å². The van der Waals surface area contributed by atoms with E-state index < -0.39 is 25.5 Å². The molecule has 12 nitrogen and oxygen atoms in total. The molecule has 32 heavy (non-hydrogen) atoms. The SMILES string of the molecule is O=C(O)c1cc(CCCOCOCOCO)cc(C(=O)O)c1CCCOCOCOCO. The van der Waals surface area contributed by atoms with Crippen molar-refractivity contribution in [3.05, 3.63) is 34.4 Å². The summed E-state index contributed by atoms with van der Waals surface area (Å²) in [4.78, 5) is 23.5. The lowest BCUT2D eigenvalue weighted by atomic mass is 9.93. The number of hydrogen-bond acceptors (Lipinski definition) is 10. The Morgan fingerprint density at radius 1 is 0.656 bits per heavy atom. The van der Waals surface area contributed by atoms with Crippen LogP contribution in [0.5, 0.6) is 0 Å². The lowest BCUT2D eigenvalue weighted by Crippen LogP contribution is -2.13. The van der Waals surface area contributed by atoms with Crippen LogP contribution in [0.25, 0.3) is 0 Å². The third-order valence-electron chi connectivity index (χ3n) is 4.09. The highest BCUT2D eigenvalue weighted by atomic mass is 16.8. The Morgan fingerprint density at radius 2 is 1.09 bits per heavy atom. The van der Waals surface area contributed by atoms with Gasteiger partial charge in [-0.15, -0.1) is 0 Å². The molecular weight excluding hydrogens is 432 g/mol. The first-order valence-corrected chi connectivity index (χ1v) is 9.81. The summed E-state index contributed by atoms with van der Waals surface area (Å²) in [5, 5.41) is 36.0. The molecule has 0 aliphatic heterocycles. The molecule has 1 rings (SSSR count). The first kappa shape index (κ1) is 27.9. The number of ether oxygens (including phenoxy) is 6. The molecule has 1 aromatic rings. The van der Waals surface area contributed by atoms with Gasteiger partial charge in [0, 0.05) is 13.2 Å². The summed E-state index contributed by atoms with van der Waals surface area (Å²) >= 11 is 0. The Balaban J connectivity index is 2.60. The van der Waals surface area contributed by atoms with Crippen LogP contribution < -0.4 is 0 Å². The fourth-order valence-electron chi connectivity index (χ4n) is 2.75. The van der Waals surface area contributed by atoms with Crippen molar-refractivity contribution >= 4 is 11.9 Å². The largest absolute Gasteiger partial charge is 0.478 e. The van der Waals surface area contributed by atoms with Gasteiger partial charge in [-0.2, -0.15) is 0 Å². The Morgan fingerprint density at radius 3 is 1.53 bits per heavy atom.